The second-order valence-electron chi connectivity index (χ2n) is 3.57. The third-order valence-corrected chi connectivity index (χ3v) is 2.61. The van der Waals surface area contributed by atoms with E-state index < -0.39 is 6.03 Å². The molecule has 2 unspecified atom stereocenters. The third kappa shape index (κ3) is 1.85. The third-order valence-electron chi connectivity index (χ3n) is 2.61. The van der Waals surface area contributed by atoms with Gasteiger partial charge in [-0.05, 0) is 24.7 Å². The van der Waals surface area contributed by atoms with E-state index in [2.05, 4.69) is 19.2 Å². The van der Waals surface area contributed by atoms with Crippen LogP contribution in [0.2, 0.25) is 0 Å². The van der Waals surface area contributed by atoms with Crippen molar-refractivity contribution in [2.24, 2.45) is 17.6 Å². The van der Waals surface area contributed by atoms with Crippen LogP contribution in [0.15, 0.2) is 0 Å². The van der Waals surface area contributed by atoms with Gasteiger partial charge in [0, 0.05) is 6.04 Å². The van der Waals surface area contributed by atoms with Crippen molar-refractivity contribution in [2.45, 2.75) is 32.7 Å². The van der Waals surface area contributed by atoms with Crippen molar-refractivity contribution in [3.63, 3.8) is 0 Å². The first kappa shape index (κ1) is 8.37. The minimum absolute atomic E-state index is 0.299. The molecule has 11 heavy (non-hydrogen) atoms. The van der Waals surface area contributed by atoms with Gasteiger partial charge in [0.25, 0.3) is 0 Å². The van der Waals surface area contributed by atoms with E-state index in [9.17, 15) is 4.79 Å². The molecule has 2 atom stereocenters. The lowest BCUT2D eigenvalue weighted by atomic mass is 10.0. The molecule has 1 fully saturated rings. The molecule has 64 valence electrons. The van der Waals surface area contributed by atoms with Crippen molar-refractivity contribution >= 4 is 6.03 Å². The molecule has 1 aliphatic carbocycles. The molecular formula is C8H16N2O. The Morgan fingerprint density at radius 3 is 2.18 bits per heavy atom. The summed E-state index contributed by atoms with van der Waals surface area (Å²) in [4.78, 5) is 10.6. The fourth-order valence-corrected chi connectivity index (χ4v) is 1.89. The van der Waals surface area contributed by atoms with Crippen molar-refractivity contribution in [1.29, 1.82) is 0 Å². The lowest BCUT2D eigenvalue weighted by Crippen LogP contribution is -2.42. The quantitative estimate of drug-likeness (QED) is 0.586. The van der Waals surface area contributed by atoms with Gasteiger partial charge in [0.2, 0.25) is 0 Å². The van der Waals surface area contributed by atoms with E-state index in [1.54, 1.807) is 0 Å². The minimum Gasteiger partial charge on any atom is -0.352 e. The number of amides is 2. The van der Waals surface area contributed by atoms with Crippen LogP contribution in [0.4, 0.5) is 4.79 Å². The molecule has 0 aromatic heterocycles. The first-order valence-corrected chi connectivity index (χ1v) is 4.17. The van der Waals surface area contributed by atoms with Crippen LogP contribution >= 0.6 is 0 Å². The molecule has 0 spiro atoms. The first-order valence-electron chi connectivity index (χ1n) is 4.17. The maximum Gasteiger partial charge on any atom is 0.312 e. The monoisotopic (exact) mass is 156 g/mol. The van der Waals surface area contributed by atoms with Crippen molar-refractivity contribution in [3.8, 4) is 0 Å². The van der Waals surface area contributed by atoms with Crippen LogP contribution in [0.1, 0.15) is 26.7 Å². The molecule has 1 saturated carbocycles. The molecule has 3 N–H and O–H groups in total. The highest BCUT2D eigenvalue weighted by Gasteiger charge is 2.30. The molecule has 3 nitrogen and oxygen atoms in total. The van der Waals surface area contributed by atoms with Crippen LogP contribution in [0.3, 0.4) is 0 Å². The molecule has 3 heteroatoms. The van der Waals surface area contributed by atoms with E-state index in [4.69, 9.17) is 5.73 Å². The minimum atomic E-state index is -0.393. The zero-order chi connectivity index (χ0) is 8.43. The molecule has 0 aliphatic heterocycles. The average Bonchev–Trinajstić information content (AvgIpc) is 2.18. The van der Waals surface area contributed by atoms with Gasteiger partial charge in [0.1, 0.15) is 0 Å². The number of hydrogen-bond donors (Lipinski definition) is 2. The lowest BCUT2D eigenvalue weighted by Gasteiger charge is -2.19. The molecule has 2 amide bonds. The van der Waals surface area contributed by atoms with E-state index in [0.717, 1.165) is 0 Å². The van der Waals surface area contributed by atoms with Gasteiger partial charge in [0.05, 0.1) is 0 Å². The summed E-state index contributed by atoms with van der Waals surface area (Å²) in [5.74, 6) is 1.16. The van der Waals surface area contributed by atoms with Crippen LogP contribution < -0.4 is 11.1 Å². The Balaban J connectivity index is 2.47. The summed E-state index contributed by atoms with van der Waals surface area (Å²) in [6, 6.07) is -0.0944. The normalized spacial score (nSPS) is 37.1. The molecule has 0 saturated heterocycles. The fraction of sp³-hybridized carbons (Fsp3) is 0.875. The molecular weight excluding hydrogens is 140 g/mol. The van der Waals surface area contributed by atoms with Gasteiger partial charge in [0.15, 0.2) is 0 Å². The number of carbonyl (C=O) groups excluding carboxylic acids is 1. The van der Waals surface area contributed by atoms with Gasteiger partial charge in [-0.3, -0.25) is 0 Å². The van der Waals surface area contributed by atoms with Crippen molar-refractivity contribution in [1.82, 2.24) is 5.32 Å². The summed E-state index contributed by atoms with van der Waals surface area (Å²) in [6.45, 7) is 4.31. The van der Waals surface area contributed by atoms with Crippen molar-refractivity contribution in [2.75, 3.05) is 0 Å². The SMILES string of the molecule is CC1CCC(C)C1NC(N)=O. The van der Waals surface area contributed by atoms with Gasteiger partial charge < -0.3 is 11.1 Å². The summed E-state index contributed by atoms with van der Waals surface area (Å²) >= 11 is 0. The first-order chi connectivity index (χ1) is 5.11. The Bertz CT molecular complexity index is 148. The molecule has 1 rings (SSSR count). The topological polar surface area (TPSA) is 55.1 Å². The Morgan fingerprint density at radius 2 is 1.82 bits per heavy atom. The fourth-order valence-electron chi connectivity index (χ4n) is 1.89. The van der Waals surface area contributed by atoms with E-state index in [0.29, 0.717) is 17.9 Å². The Kier molecular flexibility index (Phi) is 2.37. The average molecular weight is 156 g/mol. The molecule has 0 aromatic rings. The lowest BCUT2D eigenvalue weighted by molar-refractivity contribution is 0.238. The number of hydrogen-bond acceptors (Lipinski definition) is 1. The number of nitrogens with one attached hydrogen (secondary N) is 1. The summed E-state index contributed by atoms with van der Waals surface area (Å²) in [5.41, 5.74) is 5.05. The van der Waals surface area contributed by atoms with E-state index in [1.165, 1.54) is 12.8 Å². The standard InChI is InChI=1S/C8H16N2O/c1-5-3-4-6(2)7(5)10-8(9)11/h5-7H,3-4H2,1-2H3,(H3,9,10,11). The molecule has 1 aliphatic rings. The summed E-state index contributed by atoms with van der Waals surface area (Å²) < 4.78 is 0. The second kappa shape index (κ2) is 3.11. The highest BCUT2D eigenvalue weighted by atomic mass is 16.2. The van der Waals surface area contributed by atoms with E-state index >= 15 is 0 Å². The smallest absolute Gasteiger partial charge is 0.312 e. The Hall–Kier alpha value is -0.730. The van der Waals surface area contributed by atoms with Crippen LogP contribution in [0, 0.1) is 11.8 Å². The predicted molar refractivity (Wildman–Crippen MR) is 44.1 cm³/mol. The predicted octanol–water partition coefficient (Wildman–Crippen LogP) is 1.09. The largest absolute Gasteiger partial charge is 0.352 e. The van der Waals surface area contributed by atoms with Gasteiger partial charge >= 0.3 is 6.03 Å². The van der Waals surface area contributed by atoms with Gasteiger partial charge in [-0.25, -0.2) is 4.79 Å². The summed E-state index contributed by atoms with van der Waals surface area (Å²) in [6.07, 6.45) is 2.40. The number of primary amides is 1. The van der Waals surface area contributed by atoms with Crippen molar-refractivity contribution < 1.29 is 4.79 Å². The highest BCUT2D eigenvalue weighted by Crippen LogP contribution is 2.30. The van der Waals surface area contributed by atoms with E-state index in [1.807, 2.05) is 0 Å². The Labute approximate surface area is 67.3 Å². The van der Waals surface area contributed by atoms with Crippen LogP contribution in [-0.4, -0.2) is 12.1 Å². The zero-order valence-electron chi connectivity index (χ0n) is 7.13. The van der Waals surface area contributed by atoms with E-state index in [-0.39, 0.29) is 0 Å². The second-order valence-corrected chi connectivity index (χ2v) is 3.57. The summed E-state index contributed by atoms with van der Waals surface area (Å²) in [7, 11) is 0. The number of nitrogens with two attached hydrogens (primary N) is 1. The summed E-state index contributed by atoms with van der Waals surface area (Å²) in [5, 5.41) is 2.78. The molecule has 0 heterocycles. The Morgan fingerprint density at radius 1 is 1.36 bits per heavy atom. The zero-order valence-corrected chi connectivity index (χ0v) is 7.13. The van der Waals surface area contributed by atoms with Gasteiger partial charge in [-0.1, -0.05) is 13.8 Å². The maximum absolute atomic E-state index is 10.6. The molecule has 0 radical (unpaired) electrons. The van der Waals surface area contributed by atoms with Crippen LogP contribution in [0.5, 0.6) is 0 Å². The highest BCUT2D eigenvalue weighted by molar-refractivity contribution is 5.72. The van der Waals surface area contributed by atoms with Crippen LogP contribution in [0.25, 0.3) is 0 Å². The molecule has 0 aromatic carbocycles. The number of urea groups is 1. The van der Waals surface area contributed by atoms with Crippen LogP contribution in [-0.2, 0) is 0 Å². The number of rotatable bonds is 1. The van der Waals surface area contributed by atoms with Gasteiger partial charge in [-0.15, -0.1) is 0 Å². The van der Waals surface area contributed by atoms with Crippen molar-refractivity contribution in [3.05, 3.63) is 0 Å². The maximum atomic E-state index is 10.6. The van der Waals surface area contributed by atoms with Gasteiger partial charge in [-0.2, -0.15) is 0 Å². The molecule has 0 bridgehead atoms. The number of carbonyl (C=O) groups is 1.